The van der Waals surface area contributed by atoms with Gasteiger partial charge in [-0.2, -0.15) is 13.5 Å². The van der Waals surface area contributed by atoms with Gasteiger partial charge in [0, 0.05) is 26.0 Å². The van der Waals surface area contributed by atoms with E-state index in [1.165, 1.54) is 23.1 Å². The predicted octanol–water partition coefficient (Wildman–Crippen LogP) is 0.0746. The summed E-state index contributed by atoms with van der Waals surface area (Å²) in [6, 6.07) is 3.05. The molecule has 3 N–H and O–H groups in total. The summed E-state index contributed by atoms with van der Waals surface area (Å²) in [6.07, 6.45) is 4.43. The molecular weight excluding hydrogens is 254 g/mol. The van der Waals surface area contributed by atoms with Gasteiger partial charge in [-0.25, -0.2) is 4.98 Å². The molecule has 2 rings (SSSR count). The van der Waals surface area contributed by atoms with Crippen LogP contribution < -0.4 is 10.5 Å². The maximum atomic E-state index is 12.0. The second-order valence-corrected chi connectivity index (χ2v) is 5.35. The third kappa shape index (κ3) is 2.66. The van der Waals surface area contributed by atoms with Gasteiger partial charge in [-0.3, -0.25) is 9.40 Å². The number of pyridine rings is 1. The van der Waals surface area contributed by atoms with Crippen LogP contribution in [0.15, 0.2) is 35.7 Å². The van der Waals surface area contributed by atoms with Crippen molar-refractivity contribution in [3.8, 4) is 0 Å². The molecular formula is C10H13N5O2S. The molecule has 0 unspecified atom stereocenters. The molecule has 0 saturated heterocycles. The van der Waals surface area contributed by atoms with Crippen LogP contribution in [0.4, 0.5) is 5.69 Å². The van der Waals surface area contributed by atoms with E-state index in [9.17, 15) is 8.42 Å². The minimum atomic E-state index is -3.68. The summed E-state index contributed by atoms with van der Waals surface area (Å²) in [5, 5.41) is 3.82. The summed E-state index contributed by atoms with van der Waals surface area (Å²) in [5.74, 6) is 0. The minimum Gasteiger partial charge on any atom is -0.326 e. The van der Waals surface area contributed by atoms with Gasteiger partial charge in [0.1, 0.15) is 0 Å². The molecule has 2 heterocycles. The molecule has 96 valence electrons. The molecule has 0 bridgehead atoms. The number of nitrogens with zero attached hydrogens (tertiary/aromatic N) is 3. The van der Waals surface area contributed by atoms with Crippen molar-refractivity contribution in [1.29, 1.82) is 0 Å². The van der Waals surface area contributed by atoms with E-state index in [0.717, 1.165) is 5.56 Å². The van der Waals surface area contributed by atoms with Gasteiger partial charge in [0.25, 0.3) is 10.0 Å². The van der Waals surface area contributed by atoms with Crippen molar-refractivity contribution in [3.05, 3.63) is 36.3 Å². The average molecular weight is 267 g/mol. The van der Waals surface area contributed by atoms with Crippen molar-refractivity contribution in [2.45, 2.75) is 11.6 Å². The Hall–Kier alpha value is -1.93. The van der Waals surface area contributed by atoms with Crippen LogP contribution in [0.2, 0.25) is 0 Å². The zero-order valence-corrected chi connectivity index (χ0v) is 10.6. The number of aryl methyl sites for hydroxylation is 1. The average Bonchev–Trinajstić information content (AvgIpc) is 2.74. The lowest BCUT2D eigenvalue weighted by Crippen LogP contribution is -2.14. The van der Waals surface area contributed by atoms with E-state index in [0.29, 0.717) is 12.2 Å². The van der Waals surface area contributed by atoms with Gasteiger partial charge < -0.3 is 5.73 Å². The van der Waals surface area contributed by atoms with Crippen LogP contribution in [0.25, 0.3) is 0 Å². The summed E-state index contributed by atoms with van der Waals surface area (Å²) in [4.78, 5) is 3.87. The highest BCUT2D eigenvalue weighted by molar-refractivity contribution is 7.92. The molecule has 0 atom stereocenters. The summed E-state index contributed by atoms with van der Waals surface area (Å²) >= 11 is 0. The second-order valence-electron chi connectivity index (χ2n) is 3.72. The predicted molar refractivity (Wildman–Crippen MR) is 66.1 cm³/mol. The standard InChI is InChI=1S/C10H13N5O2S/c1-15-7-9(6-13-15)14-18(16,17)10-3-2-8(4-11)5-12-10/h2-3,5-7,14H,4,11H2,1H3. The largest absolute Gasteiger partial charge is 0.326 e. The van der Waals surface area contributed by atoms with E-state index in [4.69, 9.17) is 5.73 Å². The molecule has 18 heavy (non-hydrogen) atoms. The second kappa shape index (κ2) is 4.75. The Morgan fingerprint density at radius 3 is 2.67 bits per heavy atom. The van der Waals surface area contributed by atoms with Crippen LogP contribution in [0.1, 0.15) is 5.56 Å². The molecule has 2 aromatic heterocycles. The van der Waals surface area contributed by atoms with Crippen molar-refractivity contribution in [3.63, 3.8) is 0 Å². The molecule has 0 spiro atoms. The van der Waals surface area contributed by atoms with Gasteiger partial charge >= 0.3 is 0 Å². The third-order valence-electron chi connectivity index (χ3n) is 2.27. The lowest BCUT2D eigenvalue weighted by Gasteiger charge is -2.05. The Balaban J connectivity index is 2.24. The fourth-order valence-electron chi connectivity index (χ4n) is 1.37. The van der Waals surface area contributed by atoms with E-state index in [-0.39, 0.29) is 5.03 Å². The Bertz CT molecular complexity index is 633. The molecule has 0 saturated carbocycles. The topological polar surface area (TPSA) is 103 Å². The fraction of sp³-hybridized carbons (Fsp3) is 0.200. The Kier molecular flexibility index (Phi) is 3.30. The van der Waals surface area contributed by atoms with E-state index in [1.54, 1.807) is 19.3 Å². The van der Waals surface area contributed by atoms with Crippen LogP contribution in [0.5, 0.6) is 0 Å². The lowest BCUT2D eigenvalue weighted by atomic mass is 10.3. The lowest BCUT2D eigenvalue weighted by molar-refractivity contribution is 0.597. The SMILES string of the molecule is Cn1cc(NS(=O)(=O)c2ccc(CN)cn2)cn1. The summed E-state index contributed by atoms with van der Waals surface area (Å²) < 4.78 is 27.8. The molecule has 0 aromatic carbocycles. The van der Waals surface area contributed by atoms with Crippen LogP contribution in [0, 0.1) is 0 Å². The molecule has 0 aliphatic carbocycles. The molecule has 0 aliphatic heterocycles. The van der Waals surface area contributed by atoms with Gasteiger partial charge in [-0.1, -0.05) is 6.07 Å². The Morgan fingerprint density at radius 2 is 2.17 bits per heavy atom. The smallest absolute Gasteiger partial charge is 0.279 e. The summed E-state index contributed by atoms with van der Waals surface area (Å²) in [6.45, 7) is 0.323. The number of aromatic nitrogens is 3. The molecule has 0 fully saturated rings. The first-order valence-corrected chi connectivity index (χ1v) is 6.66. The highest BCUT2D eigenvalue weighted by Gasteiger charge is 2.16. The Morgan fingerprint density at radius 1 is 1.39 bits per heavy atom. The van der Waals surface area contributed by atoms with Crippen molar-refractivity contribution >= 4 is 15.7 Å². The van der Waals surface area contributed by atoms with Gasteiger partial charge in [0.05, 0.1) is 11.9 Å². The van der Waals surface area contributed by atoms with Crippen molar-refractivity contribution in [2.75, 3.05) is 4.72 Å². The zero-order chi connectivity index (χ0) is 13.2. The van der Waals surface area contributed by atoms with Crippen molar-refractivity contribution < 1.29 is 8.42 Å². The van der Waals surface area contributed by atoms with Crippen LogP contribution in [-0.2, 0) is 23.6 Å². The highest BCUT2D eigenvalue weighted by Crippen LogP contribution is 2.13. The number of sulfonamides is 1. The third-order valence-corrected chi connectivity index (χ3v) is 3.56. The van der Waals surface area contributed by atoms with E-state index >= 15 is 0 Å². The first-order valence-electron chi connectivity index (χ1n) is 5.18. The quantitative estimate of drug-likeness (QED) is 0.816. The maximum Gasteiger partial charge on any atom is 0.279 e. The highest BCUT2D eigenvalue weighted by atomic mass is 32.2. The van der Waals surface area contributed by atoms with E-state index in [2.05, 4.69) is 14.8 Å². The summed E-state index contributed by atoms with van der Waals surface area (Å²) in [5.41, 5.74) is 6.58. The molecule has 2 aromatic rings. The number of rotatable bonds is 4. The van der Waals surface area contributed by atoms with Crippen molar-refractivity contribution in [1.82, 2.24) is 14.8 Å². The number of hydrogen-bond donors (Lipinski definition) is 2. The monoisotopic (exact) mass is 267 g/mol. The molecule has 0 radical (unpaired) electrons. The van der Waals surface area contributed by atoms with Gasteiger partial charge in [0.15, 0.2) is 5.03 Å². The van der Waals surface area contributed by atoms with Crippen LogP contribution >= 0.6 is 0 Å². The number of nitrogens with one attached hydrogen (secondary N) is 1. The van der Waals surface area contributed by atoms with E-state index < -0.39 is 10.0 Å². The van der Waals surface area contributed by atoms with Gasteiger partial charge in [-0.05, 0) is 11.6 Å². The Labute approximate surface area is 105 Å². The number of anilines is 1. The fourth-order valence-corrected chi connectivity index (χ4v) is 2.33. The molecule has 8 heteroatoms. The maximum absolute atomic E-state index is 12.0. The molecule has 7 nitrogen and oxygen atoms in total. The van der Waals surface area contributed by atoms with Crippen LogP contribution in [0.3, 0.4) is 0 Å². The molecule has 0 aliphatic rings. The zero-order valence-electron chi connectivity index (χ0n) is 9.74. The van der Waals surface area contributed by atoms with Gasteiger partial charge in [-0.15, -0.1) is 0 Å². The minimum absolute atomic E-state index is 0.0523. The molecule has 0 amide bonds. The van der Waals surface area contributed by atoms with E-state index in [1.807, 2.05) is 0 Å². The first-order chi connectivity index (χ1) is 8.51. The number of nitrogens with two attached hydrogens (primary N) is 1. The first kappa shape index (κ1) is 12.5. The normalized spacial score (nSPS) is 11.4. The van der Waals surface area contributed by atoms with Crippen molar-refractivity contribution in [2.24, 2.45) is 12.8 Å². The summed E-state index contributed by atoms with van der Waals surface area (Å²) in [7, 11) is -1.98. The van der Waals surface area contributed by atoms with Crippen LogP contribution in [-0.4, -0.2) is 23.2 Å². The van der Waals surface area contributed by atoms with Gasteiger partial charge in [0.2, 0.25) is 0 Å². The number of hydrogen-bond acceptors (Lipinski definition) is 5.